The molecule has 1 heterocycles. The lowest BCUT2D eigenvalue weighted by atomic mass is 9.55. The molecule has 0 fully saturated rings. The number of para-hydroxylation sites is 1. The number of benzene rings is 1. The molecule has 0 saturated carbocycles. The molecule has 0 atom stereocenters. The summed E-state index contributed by atoms with van der Waals surface area (Å²) in [6.07, 6.45) is 3.05. The van der Waals surface area contributed by atoms with Gasteiger partial charge in [-0.05, 0) is 12.1 Å². The molecule has 0 aliphatic rings. The van der Waals surface area contributed by atoms with Gasteiger partial charge >= 0.3 is 0 Å². The van der Waals surface area contributed by atoms with Crippen molar-refractivity contribution in [2.45, 2.75) is 60.6 Å². The van der Waals surface area contributed by atoms with Gasteiger partial charge in [-0.15, -0.1) is 0 Å². The fourth-order valence-electron chi connectivity index (χ4n) is 1.22. The lowest BCUT2D eigenvalue weighted by Gasteiger charge is -2.17. The molecule has 2 rings (SSSR count). The van der Waals surface area contributed by atoms with Crippen molar-refractivity contribution in [2.75, 3.05) is 0 Å². The molecule has 1 nitrogen and oxygen atoms in total. The molecule has 1 aromatic carbocycles. The molecule has 0 aliphatic heterocycles. The van der Waals surface area contributed by atoms with E-state index in [1.165, 1.54) is 11.8 Å². The Morgan fingerprint density at radius 3 is 2.05 bits per heavy atom. The molecule has 0 bridgehead atoms. The van der Waals surface area contributed by atoms with Crippen LogP contribution in [0, 0.1) is 0 Å². The van der Waals surface area contributed by atoms with E-state index in [1.807, 2.05) is 44.3 Å². The van der Waals surface area contributed by atoms with Gasteiger partial charge in [0.15, 0.2) is 0 Å². The largest absolute Gasteiger partial charge is 0.256 e. The van der Waals surface area contributed by atoms with Gasteiger partial charge < -0.3 is 0 Å². The summed E-state index contributed by atoms with van der Waals surface area (Å²) < 4.78 is 0. The number of hydrogen-bond acceptors (Lipinski definition) is 1. The van der Waals surface area contributed by atoms with Crippen molar-refractivity contribution in [1.82, 2.24) is 4.98 Å². The molecule has 20 heavy (non-hydrogen) atoms. The second-order valence-corrected chi connectivity index (χ2v) is 4.83. The summed E-state index contributed by atoms with van der Waals surface area (Å²) in [6, 6.07) is 12.1. The van der Waals surface area contributed by atoms with E-state index in [9.17, 15) is 0 Å². The molecular formula is C18H31BN. The normalized spacial score (nSPS) is 9.30. The Balaban J connectivity index is 0. The fourth-order valence-corrected chi connectivity index (χ4v) is 1.22. The van der Waals surface area contributed by atoms with E-state index >= 15 is 0 Å². The maximum atomic E-state index is 4.18. The van der Waals surface area contributed by atoms with Gasteiger partial charge in [-0.3, -0.25) is 4.98 Å². The zero-order valence-electron chi connectivity index (χ0n) is 13.3. The number of fused-ring (bicyclic) bond motifs is 1. The van der Waals surface area contributed by atoms with Gasteiger partial charge in [0.25, 0.3) is 0 Å². The van der Waals surface area contributed by atoms with E-state index in [-0.39, 0.29) is 7.43 Å². The highest BCUT2D eigenvalue weighted by Crippen LogP contribution is 2.25. The highest BCUT2D eigenvalue weighted by Gasteiger charge is 2.10. The van der Waals surface area contributed by atoms with Crippen LogP contribution in [0.4, 0.5) is 0 Å². The number of nitrogens with zero attached hydrogens (tertiary/aromatic N) is 1. The Labute approximate surface area is 127 Å². The smallest absolute Gasteiger partial charge is 0.113 e. The molecule has 0 spiro atoms. The van der Waals surface area contributed by atoms with Crippen molar-refractivity contribution in [1.29, 1.82) is 0 Å². The number of rotatable bonds is 2. The maximum Gasteiger partial charge on any atom is 0.113 e. The highest BCUT2D eigenvalue weighted by atomic mass is 14.6. The Morgan fingerprint density at radius 2 is 1.60 bits per heavy atom. The van der Waals surface area contributed by atoms with Gasteiger partial charge in [-0.2, -0.15) is 0 Å². The first-order valence-corrected chi connectivity index (χ1v) is 7.19. The third-order valence-electron chi connectivity index (χ3n) is 3.20. The van der Waals surface area contributed by atoms with Crippen LogP contribution in [0.2, 0.25) is 12.1 Å². The Hall–Kier alpha value is -1.31. The lowest BCUT2D eigenvalue weighted by Crippen LogP contribution is -2.06. The van der Waals surface area contributed by atoms with Gasteiger partial charge in [0.1, 0.15) is 7.28 Å². The number of pyridine rings is 1. The van der Waals surface area contributed by atoms with Crippen LogP contribution in [0.1, 0.15) is 48.5 Å². The van der Waals surface area contributed by atoms with Gasteiger partial charge in [-0.1, -0.05) is 84.9 Å². The second-order valence-electron chi connectivity index (χ2n) is 4.83. The minimum atomic E-state index is 0. The Bertz CT molecular complexity index is 380. The lowest BCUT2D eigenvalue weighted by molar-refractivity contribution is 0.645. The van der Waals surface area contributed by atoms with E-state index < -0.39 is 0 Å². The first-order valence-electron chi connectivity index (χ1n) is 7.19. The average Bonchev–Trinajstić information content (AvgIpc) is 2.50. The molecular weight excluding hydrogens is 241 g/mol. The van der Waals surface area contributed by atoms with Gasteiger partial charge in [0.05, 0.1) is 5.52 Å². The minimum absolute atomic E-state index is 0. The molecule has 0 amide bonds. The summed E-state index contributed by atoms with van der Waals surface area (Å²) in [5.41, 5.74) is 1.06. The third kappa shape index (κ3) is 7.98. The quantitative estimate of drug-likeness (QED) is 0.589. The van der Waals surface area contributed by atoms with E-state index in [4.69, 9.17) is 0 Å². The molecule has 2 heteroatoms. The molecule has 111 valence electrons. The van der Waals surface area contributed by atoms with Crippen molar-refractivity contribution >= 4 is 18.2 Å². The van der Waals surface area contributed by atoms with E-state index in [0.29, 0.717) is 5.31 Å². The second kappa shape index (κ2) is 11.5. The van der Waals surface area contributed by atoms with Crippen molar-refractivity contribution in [2.24, 2.45) is 0 Å². The van der Waals surface area contributed by atoms with Crippen molar-refractivity contribution in [3.05, 3.63) is 42.6 Å². The topological polar surface area (TPSA) is 12.9 Å². The predicted octanol–water partition coefficient (Wildman–Crippen LogP) is 6.24. The zero-order valence-corrected chi connectivity index (χ0v) is 13.3. The molecule has 0 aliphatic carbocycles. The zero-order chi connectivity index (χ0) is 14.7. The van der Waals surface area contributed by atoms with Crippen molar-refractivity contribution < 1.29 is 0 Å². The van der Waals surface area contributed by atoms with E-state index in [0.717, 1.165) is 5.52 Å². The van der Waals surface area contributed by atoms with E-state index in [2.05, 4.69) is 52.0 Å². The average molecular weight is 272 g/mol. The highest BCUT2D eigenvalue weighted by molar-refractivity contribution is 6.37. The number of hydrogen-bond donors (Lipinski definition) is 0. The number of aromatic nitrogens is 1. The van der Waals surface area contributed by atoms with Crippen LogP contribution in [0.25, 0.3) is 10.9 Å². The monoisotopic (exact) mass is 272 g/mol. The first kappa shape index (κ1) is 21.0. The van der Waals surface area contributed by atoms with Crippen LogP contribution in [-0.4, -0.2) is 12.3 Å². The summed E-state index contributed by atoms with van der Waals surface area (Å²) >= 11 is 0. The summed E-state index contributed by atoms with van der Waals surface area (Å²) in [4.78, 5) is 4.18. The molecule has 1 aromatic heterocycles. The molecule has 0 saturated heterocycles. The van der Waals surface area contributed by atoms with E-state index in [1.54, 1.807) is 0 Å². The van der Waals surface area contributed by atoms with Crippen LogP contribution < -0.4 is 0 Å². The summed E-state index contributed by atoms with van der Waals surface area (Å²) in [5, 5.41) is 1.66. The van der Waals surface area contributed by atoms with Gasteiger partial charge in [-0.25, -0.2) is 0 Å². The standard InChI is InChI=1S/C9H7N.C6H14B.C2H6.CH4/c1-2-6-9-8(4-1)5-3-7-10-9;1-5-6(2,3)7-4;1-2;/h1-7H;5H2,1-4H3;1-2H3;1H4. The van der Waals surface area contributed by atoms with Crippen molar-refractivity contribution in [3.8, 4) is 0 Å². The van der Waals surface area contributed by atoms with Crippen molar-refractivity contribution in [3.63, 3.8) is 0 Å². The summed E-state index contributed by atoms with van der Waals surface area (Å²) in [7, 11) is 2.24. The molecule has 1 radical (unpaired) electrons. The third-order valence-corrected chi connectivity index (χ3v) is 3.20. The summed E-state index contributed by atoms with van der Waals surface area (Å²) in [5.74, 6) is 0. The summed E-state index contributed by atoms with van der Waals surface area (Å²) in [6.45, 7) is 12.8. The first-order chi connectivity index (χ1) is 9.09. The van der Waals surface area contributed by atoms with Crippen LogP contribution in [-0.2, 0) is 0 Å². The molecule has 2 aromatic rings. The minimum Gasteiger partial charge on any atom is -0.256 e. The van der Waals surface area contributed by atoms with Gasteiger partial charge in [0, 0.05) is 11.6 Å². The SMILES string of the molecule is C.CC.C[B]C(C)(C)CC.c1ccc2ncccc2c1. The van der Waals surface area contributed by atoms with Crippen LogP contribution in [0.5, 0.6) is 0 Å². The maximum absolute atomic E-state index is 4.18. The van der Waals surface area contributed by atoms with Gasteiger partial charge in [0.2, 0.25) is 0 Å². The Kier molecular flexibility index (Phi) is 12.1. The molecule has 0 N–H and O–H groups in total. The van der Waals surface area contributed by atoms with Crippen LogP contribution >= 0.6 is 0 Å². The fraction of sp³-hybridized carbons (Fsp3) is 0.500. The Morgan fingerprint density at radius 1 is 1.05 bits per heavy atom. The molecule has 0 unspecified atom stereocenters. The van der Waals surface area contributed by atoms with Crippen LogP contribution in [0.15, 0.2) is 42.6 Å². The predicted molar refractivity (Wildman–Crippen MR) is 95.8 cm³/mol. The van der Waals surface area contributed by atoms with Crippen LogP contribution in [0.3, 0.4) is 0 Å².